The lowest BCUT2D eigenvalue weighted by Gasteiger charge is -2.30. The SMILES string of the molecule is CCOC(=O)[C@@H](NC(=O)C1CCC(c2ccc(Cl)cc2)CC1)C(C)C. The van der Waals surface area contributed by atoms with Crippen LogP contribution < -0.4 is 5.32 Å². The smallest absolute Gasteiger partial charge is 0.328 e. The molecule has 1 fully saturated rings. The van der Waals surface area contributed by atoms with Crippen LogP contribution in [0.15, 0.2) is 24.3 Å². The molecule has 2 rings (SSSR count). The summed E-state index contributed by atoms with van der Waals surface area (Å²) in [6.07, 6.45) is 3.64. The van der Waals surface area contributed by atoms with Crippen LogP contribution >= 0.6 is 11.6 Å². The number of hydrogen-bond acceptors (Lipinski definition) is 3. The standard InChI is InChI=1S/C20H28ClNO3/c1-4-25-20(24)18(13(2)3)22-19(23)16-7-5-14(6-8-16)15-9-11-17(21)12-10-15/h9-14,16,18H,4-8H2,1-3H3,(H,22,23)/t14?,16?,18-/m0/s1. The van der Waals surface area contributed by atoms with Crippen LogP contribution in [0.3, 0.4) is 0 Å². The summed E-state index contributed by atoms with van der Waals surface area (Å²) in [5.41, 5.74) is 1.29. The van der Waals surface area contributed by atoms with Gasteiger partial charge in [-0.05, 0) is 62.1 Å². The van der Waals surface area contributed by atoms with E-state index in [-0.39, 0.29) is 23.7 Å². The third-order valence-corrected chi connectivity index (χ3v) is 5.20. The third-order valence-electron chi connectivity index (χ3n) is 4.94. The average Bonchev–Trinajstić information content (AvgIpc) is 2.60. The number of halogens is 1. The maximum absolute atomic E-state index is 12.6. The van der Waals surface area contributed by atoms with E-state index in [9.17, 15) is 9.59 Å². The molecule has 5 heteroatoms. The number of hydrogen-bond donors (Lipinski definition) is 1. The van der Waals surface area contributed by atoms with Gasteiger partial charge in [-0.1, -0.05) is 37.6 Å². The van der Waals surface area contributed by atoms with E-state index in [1.807, 2.05) is 26.0 Å². The van der Waals surface area contributed by atoms with E-state index in [2.05, 4.69) is 17.4 Å². The summed E-state index contributed by atoms with van der Waals surface area (Å²) >= 11 is 5.95. The summed E-state index contributed by atoms with van der Waals surface area (Å²) in [6.45, 7) is 5.93. The van der Waals surface area contributed by atoms with Crippen LogP contribution in [0, 0.1) is 11.8 Å². The maximum atomic E-state index is 12.6. The van der Waals surface area contributed by atoms with E-state index in [1.165, 1.54) is 5.56 Å². The Morgan fingerprint density at radius 3 is 2.28 bits per heavy atom. The molecule has 0 saturated heterocycles. The van der Waals surface area contributed by atoms with Crippen molar-refractivity contribution in [2.45, 2.75) is 58.4 Å². The topological polar surface area (TPSA) is 55.4 Å². The number of esters is 1. The highest BCUT2D eigenvalue weighted by Crippen LogP contribution is 2.36. The fraction of sp³-hybridized carbons (Fsp3) is 0.600. The molecule has 0 spiro atoms. The van der Waals surface area contributed by atoms with Crippen molar-refractivity contribution >= 4 is 23.5 Å². The summed E-state index contributed by atoms with van der Waals surface area (Å²) in [5.74, 6) is 0.0851. The number of nitrogens with one attached hydrogen (secondary N) is 1. The zero-order valence-corrected chi connectivity index (χ0v) is 16.0. The van der Waals surface area contributed by atoms with E-state index in [0.717, 1.165) is 30.7 Å². The lowest BCUT2D eigenvalue weighted by molar-refractivity contribution is -0.149. The van der Waals surface area contributed by atoms with Crippen LogP contribution in [-0.4, -0.2) is 24.5 Å². The van der Waals surface area contributed by atoms with Crippen LogP contribution in [0.5, 0.6) is 0 Å². The summed E-state index contributed by atoms with van der Waals surface area (Å²) in [4.78, 5) is 24.6. The molecule has 1 aromatic carbocycles. The fourth-order valence-electron chi connectivity index (χ4n) is 3.42. The number of carbonyl (C=O) groups excluding carboxylic acids is 2. The van der Waals surface area contributed by atoms with Gasteiger partial charge < -0.3 is 10.1 Å². The van der Waals surface area contributed by atoms with Gasteiger partial charge in [0.05, 0.1) is 6.61 Å². The minimum Gasteiger partial charge on any atom is -0.464 e. The van der Waals surface area contributed by atoms with Gasteiger partial charge in [-0.3, -0.25) is 4.79 Å². The second-order valence-corrected chi connectivity index (χ2v) is 7.52. The molecule has 4 nitrogen and oxygen atoms in total. The van der Waals surface area contributed by atoms with E-state index in [1.54, 1.807) is 6.92 Å². The highest BCUT2D eigenvalue weighted by molar-refractivity contribution is 6.30. The van der Waals surface area contributed by atoms with Crippen molar-refractivity contribution in [2.75, 3.05) is 6.61 Å². The minimum atomic E-state index is -0.568. The van der Waals surface area contributed by atoms with Gasteiger partial charge in [0.15, 0.2) is 0 Å². The number of benzene rings is 1. The molecule has 138 valence electrons. The van der Waals surface area contributed by atoms with Gasteiger partial charge in [0.25, 0.3) is 0 Å². The molecule has 25 heavy (non-hydrogen) atoms. The number of carbonyl (C=O) groups is 2. The first-order valence-electron chi connectivity index (χ1n) is 9.14. The van der Waals surface area contributed by atoms with Crippen molar-refractivity contribution < 1.29 is 14.3 Å². The lowest BCUT2D eigenvalue weighted by Crippen LogP contribution is -2.47. The molecular weight excluding hydrogens is 338 g/mol. The highest BCUT2D eigenvalue weighted by atomic mass is 35.5. The van der Waals surface area contributed by atoms with Crippen molar-refractivity contribution in [3.8, 4) is 0 Å². The minimum absolute atomic E-state index is 0.00778. The average molecular weight is 366 g/mol. The first-order valence-corrected chi connectivity index (χ1v) is 9.52. The first-order chi connectivity index (χ1) is 11.9. The monoisotopic (exact) mass is 365 g/mol. The molecule has 1 amide bonds. The van der Waals surface area contributed by atoms with Crippen LogP contribution in [0.1, 0.15) is 57.9 Å². The molecular formula is C20H28ClNO3. The molecule has 1 atom stereocenters. The van der Waals surface area contributed by atoms with Crippen molar-refractivity contribution in [2.24, 2.45) is 11.8 Å². The molecule has 0 aromatic heterocycles. The first kappa shape index (κ1) is 19.8. The third kappa shape index (κ3) is 5.46. The molecule has 0 heterocycles. The Kier molecular flexibility index (Phi) is 7.30. The normalized spacial score (nSPS) is 21.6. The van der Waals surface area contributed by atoms with Crippen LogP contribution in [-0.2, 0) is 14.3 Å². The molecule has 0 aliphatic heterocycles. The van der Waals surface area contributed by atoms with Crippen molar-refractivity contribution in [3.05, 3.63) is 34.9 Å². The van der Waals surface area contributed by atoms with Gasteiger partial charge in [0.1, 0.15) is 6.04 Å². The molecule has 0 unspecified atom stereocenters. The Hall–Kier alpha value is -1.55. The molecule has 0 radical (unpaired) electrons. The van der Waals surface area contributed by atoms with Crippen LogP contribution in [0.2, 0.25) is 5.02 Å². The summed E-state index contributed by atoms with van der Waals surface area (Å²) < 4.78 is 5.07. The lowest BCUT2D eigenvalue weighted by atomic mass is 9.78. The largest absolute Gasteiger partial charge is 0.464 e. The Labute approximate surface area is 155 Å². The van der Waals surface area contributed by atoms with E-state index >= 15 is 0 Å². The molecule has 0 bridgehead atoms. The molecule has 1 N–H and O–H groups in total. The zero-order chi connectivity index (χ0) is 18.4. The van der Waals surface area contributed by atoms with Crippen molar-refractivity contribution in [1.82, 2.24) is 5.32 Å². The molecule has 1 aliphatic carbocycles. The van der Waals surface area contributed by atoms with Gasteiger partial charge in [-0.2, -0.15) is 0 Å². The van der Waals surface area contributed by atoms with Gasteiger partial charge in [0.2, 0.25) is 5.91 Å². The molecule has 1 aliphatic rings. The summed E-state index contributed by atoms with van der Waals surface area (Å²) in [7, 11) is 0. The van der Waals surface area contributed by atoms with E-state index < -0.39 is 6.04 Å². The van der Waals surface area contributed by atoms with Gasteiger partial charge >= 0.3 is 5.97 Å². The Morgan fingerprint density at radius 1 is 1.16 bits per heavy atom. The number of rotatable bonds is 6. The van der Waals surface area contributed by atoms with Crippen molar-refractivity contribution in [3.63, 3.8) is 0 Å². The summed E-state index contributed by atoms with van der Waals surface area (Å²) in [5, 5.41) is 3.65. The Morgan fingerprint density at radius 2 is 1.76 bits per heavy atom. The molecule has 1 saturated carbocycles. The van der Waals surface area contributed by atoms with Gasteiger partial charge in [-0.15, -0.1) is 0 Å². The quantitative estimate of drug-likeness (QED) is 0.764. The number of amides is 1. The summed E-state index contributed by atoms with van der Waals surface area (Å²) in [6, 6.07) is 7.41. The highest BCUT2D eigenvalue weighted by Gasteiger charge is 2.31. The van der Waals surface area contributed by atoms with Gasteiger partial charge in [0, 0.05) is 10.9 Å². The van der Waals surface area contributed by atoms with E-state index in [4.69, 9.17) is 16.3 Å². The Bertz CT molecular complexity index is 577. The van der Waals surface area contributed by atoms with E-state index in [0.29, 0.717) is 12.5 Å². The molecule has 1 aromatic rings. The number of ether oxygens (including phenoxy) is 1. The second-order valence-electron chi connectivity index (χ2n) is 7.08. The van der Waals surface area contributed by atoms with Gasteiger partial charge in [-0.25, -0.2) is 4.79 Å². The van der Waals surface area contributed by atoms with Crippen LogP contribution in [0.4, 0.5) is 0 Å². The fourth-order valence-corrected chi connectivity index (χ4v) is 3.55. The second kappa shape index (κ2) is 9.23. The Balaban J connectivity index is 1.89. The maximum Gasteiger partial charge on any atom is 0.328 e. The van der Waals surface area contributed by atoms with Crippen LogP contribution in [0.25, 0.3) is 0 Å². The predicted octanol–water partition coefficient (Wildman–Crippen LogP) is 4.32. The predicted molar refractivity (Wildman–Crippen MR) is 99.6 cm³/mol. The van der Waals surface area contributed by atoms with Crippen molar-refractivity contribution in [1.29, 1.82) is 0 Å². The zero-order valence-electron chi connectivity index (χ0n) is 15.3.